The maximum atomic E-state index is 12.7. The van der Waals surface area contributed by atoms with Crippen molar-refractivity contribution in [3.8, 4) is 0 Å². The molecule has 134 valence electrons. The zero-order chi connectivity index (χ0) is 18.3. The number of hydrazine groups is 1. The largest absolute Gasteiger partial charge is 0.368 e. The zero-order valence-electron chi connectivity index (χ0n) is 13.5. The molecule has 1 aromatic rings. The maximum Gasteiger partial charge on any atom is 0.253 e. The highest BCUT2D eigenvalue weighted by Gasteiger charge is 2.37. The van der Waals surface area contributed by atoms with Gasteiger partial charge in [0.1, 0.15) is 6.04 Å². The molecule has 1 aliphatic heterocycles. The molecule has 0 bridgehead atoms. The normalized spacial score (nSPS) is 21.3. The second-order valence-electron chi connectivity index (χ2n) is 6.40. The van der Waals surface area contributed by atoms with E-state index in [9.17, 15) is 14.4 Å². The lowest BCUT2D eigenvalue weighted by Crippen LogP contribution is -2.44. The van der Waals surface area contributed by atoms with Gasteiger partial charge in [-0.3, -0.25) is 14.4 Å². The van der Waals surface area contributed by atoms with E-state index in [1.165, 1.54) is 11.1 Å². The van der Waals surface area contributed by atoms with Crippen LogP contribution in [-0.2, 0) is 9.59 Å². The van der Waals surface area contributed by atoms with Gasteiger partial charge in [-0.15, -0.1) is 0 Å². The predicted octanol–water partition coefficient (Wildman–Crippen LogP) is 1.73. The molecular weight excluding hydrogens is 412 g/mol. The Morgan fingerprint density at radius 3 is 2.68 bits per heavy atom. The molecule has 7 nitrogen and oxygen atoms in total. The molecule has 2 aliphatic rings. The molecule has 2 unspecified atom stereocenters. The number of nitrogens with one attached hydrogen (secondary N) is 2. The highest BCUT2D eigenvalue weighted by Crippen LogP contribution is 2.36. The Hall–Kier alpha value is -1.64. The monoisotopic (exact) mass is 428 g/mol. The summed E-state index contributed by atoms with van der Waals surface area (Å²) in [6.07, 6.45) is 2.13. The molecule has 1 aliphatic carbocycles. The molecule has 0 radical (unpaired) electrons. The third-order valence-corrected chi connectivity index (χ3v) is 5.26. The number of hydrogen-bond acceptors (Lipinski definition) is 4. The van der Waals surface area contributed by atoms with E-state index < -0.39 is 11.9 Å². The fourth-order valence-corrected chi connectivity index (χ4v) is 3.85. The number of primary amides is 1. The van der Waals surface area contributed by atoms with E-state index >= 15 is 0 Å². The third-order valence-electron chi connectivity index (χ3n) is 4.44. The van der Waals surface area contributed by atoms with Gasteiger partial charge in [0.2, 0.25) is 11.8 Å². The average Bonchev–Trinajstić information content (AvgIpc) is 3.30. The number of nitrogens with two attached hydrogens (primary N) is 1. The van der Waals surface area contributed by atoms with Crippen LogP contribution in [0.1, 0.15) is 36.5 Å². The van der Waals surface area contributed by atoms with Gasteiger partial charge in [-0.2, -0.15) is 0 Å². The number of benzene rings is 1. The molecule has 0 spiro atoms. The zero-order valence-corrected chi connectivity index (χ0v) is 15.9. The minimum Gasteiger partial charge on any atom is -0.368 e. The number of amides is 3. The SMILES string of the molecule is CC(NC(=O)c1cc(Cl)cc(Br)c1N1NC(C(N)=O)CC1=O)C1CC1. The number of hydrogen-bond donors (Lipinski definition) is 3. The Labute approximate surface area is 158 Å². The number of nitrogens with zero attached hydrogens (tertiary/aromatic N) is 1. The van der Waals surface area contributed by atoms with E-state index in [-0.39, 0.29) is 29.8 Å². The van der Waals surface area contributed by atoms with Crippen LogP contribution in [0.2, 0.25) is 5.02 Å². The molecule has 1 saturated carbocycles. The Balaban J connectivity index is 1.94. The smallest absolute Gasteiger partial charge is 0.253 e. The number of halogens is 2. The summed E-state index contributed by atoms with van der Waals surface area (Å²) in [5.74, 6) is -0.819. The van der Waals surface area contributed by atoms with Crippen molar-refractivity contribution in [1.82, 2.24) is 10.7 Å². The van der Waals surface area contributed by atoms with Gasteiger partial charge >= 0.3 is 0 Å². The molecule has 0 aromatic heterocycles. The summed E-state index contributed by atoms with van der Waals surface area (Å²) < 4.78 is 0.468. The maximum absolute atomic E-state index is 12.7. The van der Waals surface area contributed by atoms with E-state index in [0.717, 1.165) is 12.8 Å². The minimum absolute atomic E-state index is 0.0405. The lowest BCUT2D eigenvalue weighted by Gasteiger charge is -2.23. The molecule has 4 N–H and O–H groups in total. The summed E-state index contributed by atoms with van der Waals surface area (Å²) >= 11 is 9.45. The number of rotatable bonds is 5. The molecule has 2 atom stereocenters. The van der Waals surface area contributed by atoms with E-state index in [1.54, 1.807) is 6.07 Å². The number of carbonyl (C=O) groups excluding carboxylic acids is 3. The lowest BCUT2D eigenvalue weighted by atomic mass is 10.1. The van der Waals surface area contributed by atoms with Crippen molar-refractivity contribution >= 4 is 50.9 Å². The van der Waals surface area contributed by atoms with Gasteiger partial charge in [0.05, 0.1) is 17.7 Å². The summed E-state index contributed by atoms with van der Waals surface area (Å²) in [5.41, 5.74) is 8.60. The van der Waals surface area contributed by atoms with Crippen molar-refractivity contribution in [3.63, 3.8) is 0 Å². The number of carbonyl (C=O) groups is 3. The first-order chi connectivity index (χ1) is 11.8. The molecule has 1 heterocycles. The van der Waals surface area contributed by atoms with Crippen LogP contribution in [0.3, 0.4) is 0 Å². The molecule has 3 amide bonds. The molecule has 3 rings (SSSR count). The fraction of sp³-hybridized carbons (Fsp3) is 0.438. The molecule has 2 fully saturated rings. The van der Waals surface area contributed by atoms with Crippen LogP contribution in [0, 0.1) is 5.92 Å². The van der Waals surface area contributed by atoms with Crippen LogP contribution in [-0.4, -0.2) is 29.8 Å². The number of anilines is 1. The van der Waals surface area contributed by atoms with E-state index in [4.69, 9.17) is 17.3 Å². The quantitative estimate of drug-likeness (QED) is 0.663. The first-order valence-corrected chi connectivity index (χ1v) is 9.13. The second kappa shape index (κ2) is 6.93. The molecule has 9 heteroatoms. The van der Waals surface area contributed by atoms with Gasteiger partial charge in [0.25, 0.3) is 5.91 Å². The van der Waals surface area contributed by atoms with Crippen LogP contribution in [0.15, 0.2) is 16.6 Å². The highest BCUT2D eigenvalue weighted by atomic mass is 79.9. The van der Waals surface area contributed by atoms with Gasteiger partial charge in [-0.25, -0.2) is 10.4 Å². The van der Waals surface area contributed by atoms with Gasteiger partial charge in [0.15, 0.2) is 0 Å². The third kappa shape index (κ3) is 3.80. The van der Waals surface area contributed by atoms with Crippen molar-refractivity contribution in [1.29, 1.82) is 0 Å². The van der Waals surface area contributed by atoms with Gasteiger partial charge in [-0.05, 0) is 53.7 Å². The molecule has 25 heavy (non-hydrogen) atoms. The average molecular weight is 430 g/mol. The van der Waals surface area contributed by atoms with Gasteiger partial charge < -0.3 is 11.1 Å². The second-order valence-corrected chi connectivity index (χ2v) is 7.69. The standard InChI is InChI=1S/C16H18BrClN4O3/c1-7(8-2-3-8)20-16(25)10-4-9(18)5-11(17)14(10)22-13(23)6-12(21-22)15(19)24/h4-5,7-8,12,21H,2-3,6H2,1H3,(H2,19,24)(H,20,25). The lowest BCUT2D eigenvalue weighted by molar-refractivity contribution is -0.121. The predicted molar refractivity (Wildman–Crippen MR) is 97.0 cm³/mol. The fourth-order valence-electron chi connectivity index (χ4n) is 2.86. The van der Waals surface area contributed by atoms with Crippen molar-refractivity contribution < 1.29 is 14.4 Å². The summed E-state index contributed by atoms with van der Waals surface area (Å²) in [5, 5.41) is 4.50. The summed E-state index contributed by atoms with van der Waals surface area (Å²) in [7, 11) is 0. The molecule has 1 saturated heterocycles. The summed E-state index contributed by atoms with van der Waals surface area (Å²) in [6, 6.07) is 2.32. The minimum atomic E-state index is -0.809. The Morgan fingerprint density at radius 2 is 2.12 bits per heavy atom. The summed E-state index contributed by atoms with van der Waals surface area (Å²) in [4.78, 5) is 36.4. The van der Waals surface area contributed by atoms with Crippen LogP contribution < -0.4 is 21.5 Å². The van der Waals surface area contributed by atoms with Crippen LogP contribution >= 0.6 is 27.5 Å². The molecule has 1 aromatic carbocycles. The van der Waals surface area contributed by atoms with Crippen LogP contribution in [0.4, 0.5) is 5.69 Å². The van der Waals surface area contributed by atoms with Crippen LogP contribution in [0.5, 0.6) is 0 Å². The Morgan fingerprint density at radius 1 is 1.44 bits per heavy atom. The van der Waals surface area contributed by atoms with Crippen molar-refractivity contribution in [2.45, 2.75) is 38.3 Å². The van der Waals surface area contributed by atoms with Crippen molar-refractivity contribution in [2.75, 3.05) is 5.01 Å². The van der Waals surface area contributed by atoms with Crippen molar-refractivity contribution in [3.05, 3.63) is 27.2 Å². The first-order valence-electron chi connectivity index (χ1n) is 7.96. The first kappa shape index (κ1) is 18.2. The van der Waals surface area contributed by atoms with Gasteiger partial charge in [0, 0.05) is 15.5 Å². The summed E-state index contributed by atoms with van der Waals surface area (Å²) in [6.45, 7) is 1.96. The topological polar surface area (TPSA) is 105 Å². The van der Waals surface area contributed by atoms with E-state index in [2.05, 4.69) is 26.7 Å². The van der Waals surface area contributed by atoms with E-state index in [1.807, 2.05) is 6.92 Å². The van der Waals surface area contributed by atoms with E-state index in [0.29, 0.717) is 21.1 Å². The van der Waals surface area contributed by atoms with Crippen molar-refractivity contribution in [2.24, 2.45) is 11.7 Å². The Kier molecular flexibility index (Phi) is 5.04. The Bertz CT molecular complexity index is 753. The molecular formula is C16H18BrClN4O3. The van der Waals surface area contributed by atoms with Crippen LogP contribution in [0.25, 0.3) is 0 Å². The highest BCUT2D eigenvalue weighted by molar-refractivity contribution is 9.10. The van der Waals surface area contributed by atoms with Gasteiger partial charge in [-0.1, -0.05) is 11.6 Å².